The predicted molar refractivity (Wildman–Crippen MR) is 75.8 cm³/mol. The highest BCUT2D eigenvalue weighted by atomic mass is 19.1. The van der Waals surface area contributed by atoms with E-state index in [2.05, 4.69) is 10.3 Å². The van der Waals surface area contributed by atoms with Crippen LogP contribution in [0.5, 0.6) is 0 Å². The monoisotopic (exact) mass is 290 g/mol. The van der Waals surface area contributed by atoms with Gasteiger partial charge in [0.1, 0.15) is 11.4 Å². The number of pyridine rings is 1. The lowest BCUT2D eigenvalue weighted by Crippen LogP contribution is -2.34. The van der Waals surface area contributed by atoms with Gasteiger partial charge in [0.25, 0.3) is 5.91 Å². The Hall–Kier alpha value is -2.21. The highest BCUT2D eigenvalue weighted by molar-refractivity contribution is 5.97. The van der Waals surface area contributed by atoms with Gasteiger partial charge < -0.3 is 15.0 Å². The zero-order valence-corrected chi connectivity index (χ0v) is 11.3. The molecule has 0 saturated carbocycles. The van der Waals surface area contributed by atoms with Crippen LogP contribution in [-0.2, 0) is 4.74 Å². The van der Waals surface area contributed by atoms with Crippen LogP contribution in [0.1, 0.15) is 23.2 Å². The summed E-state index contributed by atoms with van der Waals surface area (Å²) in [6.07, 6.45) is 3.24. The van der Waals surface area contributed by atoms with Crippen molar-refractivity contribution in [2.75, 3.05) is 13.2 Å². The van der Waals surface area contributed by atoms with Crippen LogP contribution in [0.25, 0.3) is 10.9 Å². The fourth-order valence-corrected chi connectivity index (χ4v) is 2.47. The second-order valence-corrected chi connectivity index (χ2v) is 5.07. The number of nitrogens with one attached hydrogen (secondary N) is 2. The number of aromatic amines is 1. The lowest BCUT2D eigenvalue weighted by Gasteiger charge is -2.10. The molecule has 1 aromatic carbocycles. The molecule has 2 aromatic rings. The number of hydrogen-bond acceptors (Lipinski definition) is 3. The Morgan fingerprint density at radius 1 is 1.48 bits per heavy atom. The lowest BCUT2D eigenvalue weighted by atomic mass is 10.1. The first-order valence-corrected chi connectivity index (χ1v) is 6.86. The van der Waals surface area contributed by atoms with Gasteiger partial charge in [0.05, 0.1) is 6.10 Å². The van der Waals surface area contributed by atoms with Crippen molar-refractivity contribution in [3.8, 4) is 0 Å². The maximum Gasteiger partial charge on any atom is 0.256 e. The van der Waals surface area contributed by atoms with E-state index in [0.29, 0.717) is 18.7 Å². The van der Waals surface area contributed by atoms with E-state index in [1.165, 1.54) is 18.3 Å². The number of aromatic nitrogens is 1. The third-order valence-corrected chi connectivity index (χ3v) is 3.60. The van der Waals surface area contributed by atoms with E-state index in [1.807, 2.05) is 0 Å². The summed E-state index contributed by atoms with van der Waals surface area (Å²) in [4.78, 5) is 27.1. The topological polar surface area (TPSA) is 71.2 Å². The second-order valence-electron chi connectivity index (χ2n) is 5.07. The van der Waals surface area contributed by atoms with E-state index in [9.17, 15) is 14.0 Å². The summed E-state index contributed by atoms with van der Waals surface area (Å²) in [5, 5.41) is 2.85. The van der Waals surface area contributed by atoms with Crippen molar-refractivity contribution in [2.24, 2.45) is 0 Å². The summed E-state index contributed by atoms with van der Waals surface area (Å²) in [5.74, 6) is -0.983. The third kappa shape index (κ3) is 2.80. The number of rotatable bonds is 3. The number of fused-ring (bicyclic) bond motifs is 1. The normalized spacial score (nSPS) is 18.0. The van der Waals surface area contributed by atoms with Crippen molar-refractivity contribution in [1.82, 2.24) is 10.3 Å². The fraction of sp³-hybridized carbons (Fsp3) is 0.333. The Bertz CT molecular complexity index is 735. The molecular formula is C15H15FN2O3. The maximum atomic E-state index is 13.2. The van der Waals surface area contributed by atoms with Crippen LogP contribution < -0.4 is 10.7 Å². The number of halogens is 1. The number of amides is 1. The molecule has 1 aromatic heterocycles. The molecule has 5 nitrogen and oxygen atoms in total. The summed E-state index contributed by atoms with van der Waals surface area (Å²) >= 11 is 0. The van der Waals surface area contributed by atoms with Crippen LogP contribution in [0.15, 0.2) is 29.2 Å². The van der Waals surface area contributed by atoms with Crippen molar-refractivity contribution in [3.05, 3.63) is 46.0 Å². The highest BCUT2D eigenvalue weighted by Crippen LogP contribution is 2.12. The van der Waals surface area contributed by atoms with E-state index in [-0.39, 0.29) is 17.1 Å². The first kappa shape index (κ1) is 13.8. The van der Waals surface area contributed by atoms with Crippen LogP contribution in [0, 0.1) is 5.82 Å². The van der Waals surface area contributed by atoms with E-state index in [4.69, 9.17) is 4.74 Å². The zero-order valence-electron chi connectivity index (χ0n) is 11.3. The van der Waals surface area contributed by atoms with Crippen LogP contribution in [-0.4, -0.2) is 30.1 Å². The van der Waals surface area contributed by atoms with E-state index in [0.717, 1.165) is 18.9 Å². The molecule has 6 heteroatoms. The Morgan fingerprint density at radius 3 is 3.10 bits per heavy atom. The standard InChI is InChI=1S/C15H15FN2O3/c16-9-3-4-13-11(6-9)14(19)12(8-17-13)15(20)18-7-10-2-1-5-21-10/h3-4,6,8,10H,1-2,5,7H2,(H,17,19)(H,18,20). The molecule has 1 unspecified atom stereocenters. The van der Waals surface area contributed by atoms with Gasteiger partial charge in [0.2, 0.25) is 5.43 Å². The van der Waals surface area contributed by atoms with Crippen LogP contribution >= 0.6 is 0 Å². The second kappa shape index (κ2) is 5.65. The summed E-state index contributed by atoms with van der Waals surface area (Å²) in [6, 6.07) is 3.86. The van der Waals surface area contributed by atoms with Gasteiger partial charge in [0, 0.05) is 30.3 Å². The van der Waals surface area contributed by atoms with E-state index >= 15 is 0 Å². The minimum Gasteiger partial charge on any atom is -0.376 e. The number of benzene rings is 1. The number of carbonyl (C=O) groups is 1. The molecule has 0 bridgehead atoms. The SMILES string of the molecule is O=C(NCC1CCCO1)c1c[nH]c2ccc(F)cc2c1=O. The molecule has 2 heterocycles. The van der Waals surface area contributed by atoms with Gasteiger partial charge in [0.15, 0.2) is 0 Å². The molecule has 1 saturated heterocycles. The average Bonchev–Trinajstić information content (AvgIpc) is 2.99. The summed E-state index contributed by atoms with van der Waals surface area (Å²) < 4.78 is 18.6. The first-order valence-electron chi connectivity index (χ1n) is 6.86. The highest BCUT2D eigenvalue weighted by Gasteiger charge is 2.18. The first-order chi connectivity index (χ1) is 10.1. The van der Waals surface area contributed by atoms with Gasteiger partial charge in [-0.15, -0.1) is 0 Å². The molecule has 0 radical (unpaired) electrons. The van der Waals surface area contributed by atoms with Gasteiger partial charge in [-0.3, -0.25) is 9.59 Å². The summed E-state index contributed by atoms with van der Waals surface area (Å²) in [5.41, 5.74) is -0.00346. The number of ether oxygens (including phenoxy) is 1. The minimum absolute atomic E-state index is 0.00549. The molecule has 1 atom stereocenters. The third-order valence-electron chi connectivity index (χ3n) is 3.60. The number of H-pyrrole nitrogens is 1. The Labute approximate surface area is 120 Å². The van der Waals surface area contributed by atoms with E-state index < -0.39 is 17.2 Å². The van der Waals surface area contributed by atoms with Crippen LogP contribution in [0.3, 0.4) is 0 Å². The number of hydrogen-bond donors (Lipinski definition) is 2. The quantitative estimate of drug-likeness (QED) is 0.901. The molecule has 1 aliphatic heterocycles. The molecule has 1 fully saturated rings. The fourth-order valence-electron chi connectivity index (χ4n) is 2.47. The van der Waals surface area contributed by atoms with Gasteiger partial charge >= 0.3 is 0 Å². The minimum atomic E-state index is -0.509. The Kier molecular flexibility index (Phi) is 3.70. The molecule has 2 N–H and O–H groups in total. The average molecular weight is 290 g/mol. The molecule has 1 amide bonds. The van der Waals surface area contributed by atoms with Crippen molar-refractivity contribution < 1.29 is 13.9 Å². The van der Waals surface area contributed by atoms with Crippen molar-refractivity contribution in [2.45, 2.75) is 18.9 Å². The largest absolute Gasteiger partial charge is 0.376 e. The summed E-state index contributed by atoms with van der Waals surface area (Å²) in [6.45, 7) is 1.08. The van der Waals surface area contributed by atoms with E-state index in [1.54, 1.807) is 0 Å². The zero-order chi connectivity index (χ0) is 14.8. The van der Waals surface area contributed by atoms with Gasteiger partial charge in [-0.2, -0.15) is 0 Å². The molecule has 3 rings (SSSR count). The smallest absolute Gasteiger partial charge is 0.256 e. The molecular weight excluding hydrogens is 275 g/mol. The number of carbonyl (C=O) groups excluding carboxylic acids is 1. The molecule has 0 aliphatic carbocycles. The van der Waals surface area contributed by atoms with Crippen molar-refractivity contribution >= 4 is 16.8 Å². The van der Waals surface area contributed by atoms with Gasteiger partial charge in [-0.05, 0) is 31.0 Å². The Balaban J connectivity index is 1.84. The molecule has 0 spiro atoms. The van der Waals surface area contributed by atoms with Crippen molar-refractivity contribution in [1.29, 1.82) is 0 Å². The Morgan fingerprint density at radius 2 is 2.33 bits per heavy atom. The predicted octanol–water partition coefficient (Wildman–Crippen LogP) is 1.58. The van der Waals surface area contributed by atoms with Gasteiger partial charge in [-0.1, -0.05) is 0 Å². The van der Waals surface area contributed by atoms with Crippen LogP contribution in [0.4, 0.5) is 4.39 Å². The molecule has 110 valence electrons. The van der Waals surface area contributed by atoms with Crippen LogP contribution in [0.2, 0.25) is 0 Å². The van der Waals surface area contributed by atoms with Crippen molar-refractivity contribution in [3.63, 3.8) is 0 Å². The molecule has 1 aliphatic rings. The van der Waals surface area contributed by atoms with Gasteiger partial charge in [-0.25, -0.2) is 4.39 Å². The molecule has 21 heavy (non-hydrogen) atoms. The maximum absolute atomic E-state index is 13.2. The summed E-state index contributed by atoms with van der Waals surface area (Å²) in [7, 11) is 0. The lowest BCUT2D eigenvalue weighted by molar-refractivity contribution is 0.0857.